The van der Waals surface area contributed by atoms with Crippen LogP contribution < -0.4 is 16.0 Å². The molecule has 2 amide bonds. The summed E-state index contributed by atoms with van der Waals surface area (Å²) in [5.41, 5.74) is 8.72. The molecular weight excluding hydrogens is 514 g/mol. The Morgan fingerprint density at radius 1 is 1.05 bits per heavy atom. The van der Waals surface area contributed by atoms with Crippen molar-refractivity contribution in [3.8, 4) is 0 Å². The van der Waals surface area contributed by atoms with Crippen molar-refractivity contribution in [1.82, 2.24) is 15.1 Å². The second-order valence-corrected chi connectivity index (χ2v) is 9.56. The number of amidine groups is 1. The Morgan fingerprint density at radius 3 is 2.45 bits per heavy atom. The lowest BCUT2D eigenvalue weighted by atomic mass is 10.1. The molecule has 0 atom stereocenters. The van der Waals surface area contributed by atoms with Crippen molar-refractivity contribution < 1.29 is 18.4 Å². The fourth-order valence-corrected chi connectivity index (χ4v) is 4.38. The quantitative estimate of drug-likeness (QED) is 0.300. The first-order valence-electron chi connectivity index (χ1n) is 12.8. The van der Waals surface area contributed by atoms with Crippen molar-refractivity contribution in [3.05, 3.63) is 107 Å². The van der Waals surface area contributed by atoms with Crippen LogP contribution in [-0.4, -0.2) is 61.2 Å². The van der Waals surface area contributed by atoms with E-state index in [-0.39, 0.29) is 30.3 Å². The first-order chi connectivity index (χ1) is 19.2. The maximum atomic E-state index is 14.5. The van der Waals surface area contributed by atoms with Gasteiger partial charge in [-0.3, -0.25) is 14.6 Å². The summed E-state index contributed by atoms with van der Waals surface area (Å²) < 4.78 is 28.3. The van der Waals surface area contributed by atoms with E-state index in [0.29, 0.717) is 17.9 Å². The largest absolute Gasteiger partial charge is 0.397 e. The minimum absolute atomic E-state index is 0.0191. The van der Waals surface area contributed by atoms with Crippen LogP contribution in [0.5, 0.6) is 0 Å². The number of halogens is 2. The van der Waals surface area contributed by atoms with Gasteiger partial charge in [0.05, 0.1) is 31.0 Å². The van der Waals surface area contributed by atoms with Crippen LogP contribution in [0.2, 0.25) is 0 Å². The SMILES string of the molecule is C=C(C(=O)NCC(=O)N(C)Cc1ccc(C2=NCCN2C)cc1)N(Cc1cccc(F)c1F)c1ccccc1N. The zero-order chi connectivity index (χ0) is 28.8. The number of aliphatic imine (C=N–C) groups is 1. The second kappa shape index (κ2) is 12.4. The van der Waals surface area contributed by atoms with Gasteiger partial charge in [0, 0.05) is 38.3 Å². The summed E-state index contributed by atoms with van der Waals surface area (Å²) in [5.74, 6) is -2.04. The molecule has 0 saturated carbocycles. The average molecular weight is 547 g/mol. The van der Waals surface area contributed by atoms with Gasteiger partial charge in [0.25, 0.3) is 5.91 Å². The molecule has 0 bridgehead atoms. The Morgan fingerprint density at radius 2 is 1.77 bits per heavy atom. The Balaban J connectivity index is 1.39. The number of carbonyl (C=O) groups excluding carboxylic acids is 2. The highest BCUT2D eigenvalue weighted by Gasteiger charge is 2.22. The average Bonchev–Trinajstić information content (AvgIpc) is 3.38. The van der Waals surface area contributed by atoms with Gasteiger partial charge in [0.2, 0.25) is 5.91 Å². The monoisotopic (exact) mass is 546 g/mol. The summed E-state index contributed by atoms with van der Waals surface area (Å²) in [5, 5.41) is 2.58. The molecule has 0 spiro atoms. The molecule has 8 nitrogen and oxygen atoms in total. The van der Waals surface area contributed by atoms with Gasteiger partial charge in [-0.15, -0.1) is 0 Å². The molecule has 1 aliphatic heterocycles. The smallest absolute Gasteiger partial charge is 0.267 e. The van der Waals surface area contributed by atoms with E-state index in [4.69, 9.17) is 5.73 Å². The number of para-hydroxylation sites is 2. The molecule has 3 aromatic carbocycles. The number of carbonyl (C=O) groups is 2. The first-order valence-corrected chi connectivity index (χ1v) is 12.8. The Labute approximate surface area is 232 Å². The molecule has 10 heteroatoms. The molecule has 0 unspecified atom stereocenters. The second-order valence-electron chi connectivity index (χ2n) is 9.56. The summed E-state index contributed by atoms with van der Waals surface area (Å²) in [6.07, 6.45) is 0. The van der Waals surface area contributed by atoms with Crippen molar-refractivity contribution in [1.29, 1.82) is 0 Å². The fourth-order valence-electron chi connectivity index (χ4n) is 4.38. The Bertz CT molecular complexity index is 1440. The fraction of sp³-hybridized carbons (Fsp3) is 0.233. The molecule has 3 aromatic rings. The number of nitrogens with zero attached hydrogens (tertiary/aromatic N) is 4. The van der Waals surface area contributed by atoms with Crippen molar-refractivity contribution >= 4 is 29.0 Å². The van der Waals surface area contributed by atoms with Crippen LogP contribution in [-0.2, 0) is 22.7 Å². The van der Waals surface area contributed by atoms with Crippen molar-refractivity contribution in [2.75, 3.05) is 44.4 Å². The van der Waals surface area contributed by atoms with Crippen LogP contribution in [0.25, 0.3) is 0 Å². The van der Waals surface area contributed by atoms with Crippen molar-refractivity contribution in [2.45, 2.75) is 13.1 Å². The number of hydrogen-bond acceptors (Lipinski definition) is 6. The van der Waals surface area contributed by atoms with E-state index >= 15 is 0 Å². The lowest BCUT2D eigenvalue weighted by Crippen LogP contribution is -2.41. The molecule has 208 valence electrons. The van der Waals surface area contributed by atoms with E-state index in [0.717, 1.165) is 36.1 Å². The molecule has 0 aliphatic carbocycles. The molecule has 0 fully saturated rings. The van der Waals surface area contributed by atoms with E-state index in [1.54, 1.807) is 31.3 Å². The highest BCUT2D eigenvalue weighted by Crippen LogP contribution is 2.28. The van der Waals surface area contributed by atoms with Gasteiger partial charge in [-0.25, -0.2) is 8.78 Å². The van der Waals surface area contributed by atoms with E-state index in [1.807, 2.05) is 31.3 Å². The number of rotatable bonds is 10. The van der Waals surface area contributed by atoms with Crippen LogP contribution in [0.15, 0.2) is 84.0 Å². The predicted octanol–water partition coefficient (Wildman–Crippen LogP) is 3.53. The van der Waals surface area contributed by atoms with E-state index in [1.165, 1.54) is 21.9 Å². The zero-order valence-electron chi connectivity index (χ0n) is 22.5. The van der Waals surface area contributed by atoms with Gasteiger partial charge >= 0.3 is 0 Å². The van der Waals surface area contributed by atoms with Gasteiger partial charge in [-0.2, -0.15) is 0 Å². The lowest BCUT2D eigenvalue weighted by molar-refractivity contribution is -0.131. The van der Waals surface area contributed by atoms with Crippen LogP contribution >= 0.6 is 0 Å². The normalized spacial score (nSPS) is 12.6. The Hall–Kier alpha value is -4.73. The number of hydrogen-bond donors (Lipinski definition) is 2. The molecule has 0 radical (unpaired) electrons. The van der Waals surface area contributed by atoms with Crippen LogP contribution in [0.1, 0.15) is 16.7 Å². The number of likely N-dealkylation sites (N-methyl/N-ethyl adjacent to an activating group) is 2. The summed E-state index contributed by atoms with van der Waals surface area (Å²) in [6.45, 7) is 5.41. The van der Waals surface area contributed by atoms with Crippen molar-refractivity contribution in [3.63, 3.8) is 0 Å². The Kier molecular flexibility index (Phi) is 8.78. The number of anilines is 2. The number of benzene rings is 3. The maximum Gasteiger partial charge on any atom is 0.267 e. The molecule has 0 aromatic heterocycles. The molecule has 3 N–H and O–H groups in total. The number of nitrogens with two attached hydrogens (primary N) is 1. The highest BCUT2D eigenvalue weighted by molar-refractivity contribution is 6.00. The standard InChI is InChI=1S/C30H32F2N6O2/c1-20(38(26-10-5-4-9-25(26)33)19-23-7-6-8-24(31)28(23)32)30(40)35-17-27(39)37(3)18-21-11-13-22(14-12-21)29-34-15-16-36(29)2/h4-14H,1,15-19,33H2,2-3H3,(H,35,40). The molecule has 40 heavy (non-hydrogen) atoms. The van der Waals surface area contributed by atoms with E-state index < -0.39 is 17.5 Å². The van der Waals surface area contributed by atoms with Crippen molar-refractivity contribution in [2.24, 2.45) is 4.99 Å². The van der Waals surface area contributed by atoms with Crippen LogP contribution in [0.4, 0.5) is 20.2 Å². The first kappa shape index (κ1) is 28.3. The van der Waals surface area contributed by atoms with E-state index in [9.17, 15) is 18.4 Å². The summed E-state index contributed by atoms with van der Waals surface area (Å²) in [4.78, 5) is 35.3. The summed E-state index contributed by atoms with van der Waals surface area (Å²) >= 11 is 0. The number of amides is 2. The molecule has 1 heterocycles. The van der Waals surface area contributed by atoms with Crippen LogP contribution in [0.3, 0.4) is 0 Å². The third kappa shape index (κ3) is 6.45. The summed E-state index contributed by atoms with van der Waals surface area (Å²) in [7, 11) is 3.65. The van der Waals surface area contributed by atoms with E-state index in [2.05, 4.69) is 21.8 Å². The van der Waals surface area contributed by atoms with Gasteiger partial charge in [0.15, 0.2) is 11.6 Å². The van der Waals surface area contributed by atoms with Gasteiger partial charge in [-0.1, -0.05) is 55.1 Å². The maximum absolute atomic E-state index is 14.5. The zero-order valence-corrected chi connectivity index (χ0v) is 22.5. The van der Waals surface area contributed by atoms with Gasteiger partial charge in [0.1, 0.15) is 11.5 Å². The topological polar surface area (TPSA) is 94.3 Å². The predicted molar refractivity (Wildman–Crippen MR) is 152 cm³/mol. The lowest BCUT2D eigenvalue weighted by Gasteiger charge is -2.28. The molecule has 4 rings (SSSR count). The van der Waals surface area contributed by atoms with Crippen LogP contribution in [0, 0.1) is 11.6 Å². The minimum Gasteiger partial charge on any atom is -0.397 e. The molecule has 1 aliphatic rings. The minimum atomic E-state index is -1.02. The third-order valence-corrected chi connectivity index (χ3v) is 6.69. The highest BCUT2D eigenvalue weighted by atomic mass is 19.2. The van der Waals surface area contributed by atoms with Gasteiger partial charge in [-0.05, 0) is 23.8 Å². The molecular formula is C30H32F2N6O2. The summed E-state index contributed by atoms with van der Waals surface area (Å²) in [6, 6.07) is 18.4. The third-order valence-electron chi connectivity index (χ3n) is 6.69. The van der Waals surface area contributed by atoms with Gasteiger partial charge < -0.3 is 25.8 Å². The number of nitrogen functional groups attached to an aromatic ring is 1. The molecule has 0 saturated heterocycles. The number of nitrogens with one attached hydrogen (secondary N) is 1.